The molecule has 2 atom stereocenters. The quantitative estimate of drug-likeness (QED) is 0.734. The lowest BCUT2D eigenvalue weighted by Crippen LogP contribution is -2.41. The van der Waals surface area contributed by atoms with Crippen molar-refractivity contribution in [3.8, 4) is 6.07 Å². The van der Waals surface area contributed by atoms with E-state index in [0.717, 1.165) is 23.5 Å². The number of benzene rings is 1. The summed E-state index contributed by atoms with van der Waals surface area (Å²) in [6.07, 6.45) is 4.23. The minimum Gasteiger partial charge on any atom is -0.388 e. The van der Waals surface area contributed by atoms with Gasteiger partial charge in [0.25, 0.3) is 5.91 Å². The summed E-state index contributed by atoms with van der Waals surface area (Å²) >= 11 is 1.37. The number of aliphatic hydroxyl groups is 1. The zero-order chi connectivity index (χ0) is 19.8. The number of thiazole rings is 1. The van der Waals surface area contributed by atoms with E-state index in [2.05, 4.69) is 4.98 Å². The highest BCUT2D eigenvalue weighted by Crippen LogP contribution is 2.32. The molecule has 0 saturated carbocycles. The fourth-order valence-electron chi connectivity index (χ4n) is 3.77. The smallest absolute Gasteiger partial charge is 0.265 e. The number of hydrogen-bond acceptors (Lipinski definition) is 5. The molecule has 2 unspecified atom stereocenters. The molecule has 0 aliphatic carbocycles. The molecule has 2 aromatic heterocycles. The Kier molecular flexibility index (Phi) is 4.87. The topological polar surface area (TPSA) is 81.6 Å². The molecule has 1 aliphatic rings. The maximum absolute atomic E-state index is 13.6. The molecule has 0 bridgehead atoms. The van der Waals surface area contributed by atoms with Crippen LogP contribution in [0.5, 0.6) is 0 Å². The molecule has 144 valence electrons. The summed E-state index contributed by atoms with van der Waals surface area (Å²) in [5.41, 5.74) is 1.28. The minimum absolute atomic E-state index is 0.0540. The van der Waals surface area contributed by atoms with E-state index in [0.29, 0.717) is 23.5 Å². The highest BCUT2D eigenvalue weighted by Gasteiger charge is 2.31. The number of carbonyl (C=O) groups excluding carboxylic acids is 1. The Bertz CT molecular complexity index is 1080. The van der Waals surface area contributed by atoms with Gasteiger partial charge in [-0.1, -0.05) is 17.4 Å². The molecule has 1 aliphatic heterocycles. The molecule has 0 spiro atoms. The molecular weight excluding hydrogens is 379 g/mol. The van der Waals surface area contributed by atoms with Crippen LogP contribution in [0.15, 0.2) is 30.6 Å². The van der Waals surface area contributed by atoms with Crippen molar-refractivity contribution < 1.29 is 14.3 Å². The number of hydrogen-bond donors (Lipinski definition) is 1. The van der Waals surface area contributed by atoms with Crippen LogP contribution in [0, 0.1) is 30.0 Å². The van der Waals surface area contributed by atoms with Gasteiger partial charge < -0.3 is 10.0 Å². The van der Waals surface area contributed by atoms with Gasteiger partial charge in [-0.3, -0.25) is 9.20 Å². The number of nitrogens with zero attached hydrogens (tertiary/aromatic N) is 4. The average molecular weight is 398 g/mol. The highest BCUT2D eigenvalue weighted by atomic mass is 32.1. The summed E-state index contributed by atoms with van der Waals surface area (Å²) in [6, 6.07) is 5.89. The molecule has 1 aromatic carbocycles. The summed E-state index contributed by atoms with van der Waals surface area (Å²) < 4.78 is 15.5. The number of piperidine rings is 1. The number of rotatable bonds is 3. The van der Waals surface area contributed by atoms with Gasteiger partial charge in [-0.15, -0.1) is 0 Å². The Hall–Kier alpha value is -2.76. The molecule has 4 rings (SSSR count). The van der Waals surface area contributed by atoms with E-state index < -0.39 is 11.9 Å². The van der Waals surface area contributed by atoms with E-state index in [1.807, 2.05) is 17.5 Å². The van der Waals surface area contributed by atoms with Crippen LogP contribution in [-0.2, 0) is 0 Å². The monoisotopic (exact) mass is 398 g/mol. The molecule has 6 nitrogen and oxygen atoms in total. The van der Waals surface area contributed by atoms with Gasteiger partial charge in [0.2, 0.25) is 0 Å². The van der Waals surface area contributed by atoms with Crippen molar-refractivity contribution in [1.29, 1.82) is 5.26 Å². The van der Waals surface area contributed by atoms with Gasteiger partial charge in [0.05, 0.1) is 11.7 Å². The summed E-state index contributed by atoms with van der Waals surface area (Å²) in [5, 5.41) is 19.8. The SMILES string of the molecule is Cc1c(C(=O)N2CCCC(C(O)c3ccc(F)c(C#N)c3)C2)sc2nccn12. The number of aryl methyl sites for hydroxylation is 1. The lowest BCUT2D eigenvalue weighted by atomic mass is 9.88. The Balaban J connectivity index is 1.54. The minimum atomic E-state index is -0.856. The van der Waals surface area contributed by atoms with Crippen LogP contribution in [0.4, 0.5) is 4.39 Å². The number of fused-ring (bicyclic) bond motifs is 1. The first-order valence-electron chi connectivity index (χ1n) is 9.09. The number of imidazole rings is 1. The van der Waals surface area contributed by atoms with Gasteiger partial charge in [-0.2, -0.15) is 5.26 Å². The summed E-state index contributed by atoms with van der Waals surface area (Å²) in [4.78, 5) is 20.5. The van der Waals surface area contributed by atoms with Crippen molar-refractivity contribution in [2.24, 2.45) is 5.92 Å². The largest absolute Gasteiger partial charge is 0.388 e. The van der Waals surface area contributed by atoms with E-state index in [4.69, 9.17) is 5.26 Å². The van der Waals surface area contributed by atoms with E-state index in [1.165, 1.54) is 29.5 Å². The van der Waals surface area contributed by atoms with Crippen LogP contribution < -0.4 is 0 Å². The second-order valence-corrected chi connectivity index (χ2v) is 8.02. The molecule has 8 heteroatoms. The van der Waals surface area contributed by atoms with Crippen LogP contribution in [0.1, 0.15) is 45.4 Å². The first-order chi connectivity index (χ1) is 13.5. The van der Waals surface area contributed by atoms with Crippen molar-refractivity contribution in [2.45, 2.75) is 25.9 Å². The van der Waals surface area contributed by atoms with Crippen LogP contribution in [0.3, 0.4) is 0 Å². The van der Waals surface area contributed by atoms with Crippen molar-refractivity contribution in [1.82, 2.24) is 14.3 Å². The number of nitriles is 1. The Morgan fingerprint density at radius 2 is 2.32 bits per heavy atom. The third kappa shape index (κ3) is 3.17. The van der Waals surface area contributed by atoms with Gasteiger partial charge in [0.1, 0.15) is 16.8 Å². The zero-order valence-electron chi connectivity index (χ0n) is 15.3. The molecule has 1 N–H and O–H groups in total. The lowest BCUT2D eigenvalue weighted by molar-refractivity contribution is 0.0403. The van der Waals surface area contributed by atoms with Crippen molar-refractivity contribution in [3.05, 3.63) is 58.1 Å². The van der Waals surface area contributed by atoms with E-state index in [-0.39, 0.29) is 17.4 Å². The van der Waals surface area contributed by atoms with Gasteiger partial charge in [-0.05, 0) is 37.5 Å². The second-order valence-electron chi connectivity index (χ2n) is 7.05. The molecule has 1 fully saturated rings. The fourth-order valence-corrected chi connectivity index (χ4v) is 4.83. The van der Waals surface area contributed by atoms with Crippen LogP contribution in [0.25, 0.3) is 4.96 Å². The number of likely N-dealkylation sites (tertiary alicyclic amines) is 1. The number of aromatic nitrogens is 2. The van der Waals surface area contributed by atoms with E-state index in [9.17, 15) is 14.3 Å². The van der Waals surface area contributed by atoms with Crippen LogP contribution >= 0.6 is 11.3 Å². The molecular formula is C20H19FN4O2S. The first-order valence-corrected chi connectivity index (χ1v) is 9.90. The molecule has 3 heterocycles. The lowest BCUT2D eigenvalue weighted by Gasteiger charge is -2.35. The molecule has 0 radical (unpaired) electrons. The van der Waals surface area contributed by atoms with E-state index in [1.54, 1.807) is 17.2 Å². The van der Waals surface area contributed by atoms with Gasteiger partial charge in [0.15, 0.2) is 4.96 Å². The van der Waals surface area contributed by atoms with Gasteiger partial charge >= 0.3 is 0 Å². The third-order valence-electron chi connectivity index (χ3n) is 5.33. The predicted octanol–water partition coefficient (Wildman–Crippen LogP) is 3.30. The highest BCUT2D eigenvalue weighted by molar-refractivity contribution is 7.19. The summed E-state index contributed by atoms with van der Waals surface area (Å²) in [7, 11) is 0. The molecule has 28 heavy (non-hydrogen) atoms. The molecule has 1 amide bonds. The Morgan fingerprint density at radius 1 is 1.50 bits per heavy atom. The Labute approximate surface area is 165 Å². The van der Waals surface area contributed by atoms with Gasteiger partial charge in [-0.25, -0.2) is 9.37 Å². The normalized spacial score (nSPS) is 18.2. The van der Waals surface area contributed by atoms with Crippen molar-refractivity contribution in [2.75, 3.05) is 13.1 Å². The van der Waals surface area contributed by atoms with Crippen LogP contribution in [-0.4, -0.2) is 38.4 Å². The number of aliphatic hydroxyl groups excluding tert-OH is 1. The van der Waals surface area contributed by atoms with E-state index >= 15 is 0 Å². The molecule has 3 aromatic rings. The van der Waals surface area contributed by atoms with Crippen molar-refractivity contribution in [3.63, 3.8) is 0 Å². The first kappa shape index (κ1) is 18.6. The molecule has 1 saturated heterocycles. The number of halogens is 1. The summed E-state index contributed by atoms with van der Waals surface area (Å²) in [5.74, 6) is -0.821. The van der Waals surface area contributed by atoms with Crippen molar-refractivity contribution >= 4 is 22.2 Å². The Morgan fingerprint density at radius 3 is 3.07 bits per heavy atom. The fraction of sp³-hybridized carbons (Fsp3) is 0.350. The second kappa shape index (κ2) is 7.34. The maximum atomic E-state index is 13.6. The standard InChI is InChI=1S/C20H19FN4O2S/c1-12-18(28-20-23-6-8-25(12)20)19(27)24-7-2-3-14(11-24)17(26)13-4-5-16(21)15(9-13)10-22/h4-6,8-9,14,17,26H,2-3,7,11H2,1H3. The maximum Gasteiger partial charge on any atom is 0.265 e. The number of carbonyl (C=O) groups is 1. The third-order valence-corrected chi connectivity index (χ3v) is 6.49. The van der Waals surface area contributed by atoms with Gasteiger partial charge in [0, 0.05) is 37.1 Å². The zero-order valence-corrected chi connectivity index (χ0v) is 16.1. The summed E-state index contributed by atoms with van der Waals surface area (Å²) in [6.45, 7) is 2.95. The predicted molar refractivity (Wildman–Crippen MR) is 103 cm³/mol. The van der Waals surface area contributed by atoms with Crippen LogP contribution in [0.2, 0.25) is 0 Å². The number of amides is 1. The average Bonchev–Trinajstić information content (AvgIpc) is 3.30.